The molecule has 2 aliphatic heterocycles. The van der Waals surface area contributed by atoms with Crippen molar-refractivity contribution >= 4 is 17.3 Å². The summed E-state index contributed by atoms with van der Waals surface area (Å²) in [6.07, 6.45) is 2.02. The fourth-order valence-electron chi connectivity index (χ4n) is 2.57. The highest BCUT2D eigenvalue weighted by Crippen LogP contribution is 2.39. The summed E-state index contributed by atoms with van der Waals surface area (Å²) in [5.41, 5.74) is 2.79. The quantitative estimate of drug-likeness (QED) is 0.529. The van der Waals surface area contributed by atoms with E-state index in [2.05, 4.69) is 0 Å². The van der Waals surface area contributed by atoms with Gasteiger partial charge >= 0.3 is 0 Å². The molecule has 1 aromatic rings. The number of aryl methyl sites for hydroxylation is 1. The number of carbonyl (C=O) groups is 1. The summed E-state index contributed by atoms with van der Waals surface area (Å²) in [5, 5.41) is 10.8. The molecule has 82 valence electrons. The number of nitro benzene ring substituents is 1. The van der Waals surface area contributed by atoms with E-state index in [1.165, 1.54) is 6.07 Å². The predicted octanol–water partition coefficient (Wildman–Crippen LogP) is 1.43. The van der Waals surface area contributed by atoms with Crippen molar-refractivity contribution < 1.29 is 9.72 Å². The van der Waals surface area contributed by atoms with Crippen molar-refractivity contribution in [2.75, 3.05) is 11.4 Å². The number of nitrogens with zero attached hydrogens (tertiary/aromatic N) is 2. The summed E-state index contributed by atoms with van der Waals surface area (Å²) < 4.78 is 0. The average molecular weight is 218 g/mol. The second kappa shape index (κ2) is 3.04. The first-order valence-corrected chi connectivity index (χ1v) is 5.27. The SMILES string of the molecule is O=C1Cc2cc([N+](=O)[O-])cc3c2N1CCC3. The molecule has 0 aromatic heterocycles. The first kappa shape index (κ1) is 9.33. The number of anilines is 1. The molecule has 1 amide bonds. The van der Waals surface area contributed by atoms with Gasteiger partial charge in [-0.15, -0.1) is 0 Å². The Morgan fingerprint density at radius 1 is 1.31 bits per heavy atom. The van der Waals surface area contributed by atoms with Crippen molar-refractivity contribution in [2.45, 2.75) is 19.3 Å². The number of hydrogen-bond acceptors (Lipinski definition) is 3. The van der Waals surface area contributed by atoms with Gasteiger partial charge in [0, 0.05) is 18.7 Å². The van der Waals surface area contributed by atoms with Crippen LogP contribution in [-0.4, -0.2) is 17.4 Å². The van der Waals surface area contributed by atoms with Gasteiger partial charge in [-0.1, -0.05) is 0 Å². The van der Waals surface area contributed by atoms with Gasteiger partial charge in [-0.2, -0.15) is 0 Å². The molecule has 0 atom stereocenters. The van der Waals surface area contributed by atoms with E-state index < -0.39 is 4.92 Å². The molecule has 0 fully saturated rings. The third kappa shape index (κ3) is 1.14. The van der Waals surface area contributed by atoms with Crippen molar-refractivity contribution in [1.29, 1.82) is 0 Å². The van der Waals surface area contributed by atoms with Crippen molar-refractivity contribution in [3.63, 3.8) is 0 Å². The van der Waals surface area contributed by atoms with Gasteiger partial charge < -0.3 is 4.90 Å². The van der Waals surface area contributed by atoms with Crippen LogP contribution >= 0.6 is 0 Å². The van der Waals surface area contributed by atoms with Gasteiger partial charge in [0.2, 0.25) is 5.91 Å². The summed E-state index contributed by atoms with van der Waals surface area (Å²) >= 11 is 0. The summed E-state index contributed by atoms with van der Waals surface area (Å²) in [4.78, 5) is 23.8. The van der Waals surface area contributed by atoms with Gasteiger partial charge in [0.05, 0.1) is 17.0 Å². The Hall–Kier alpha value is -1.91. The maximum atomic E-state index is 11.7. The average Bonchev–Trinajstić information content (AvgIpc) is 2.58. The van der Waals surface area contributed by atoms with Crippen LogP contribution < -0.4 is 4.90 Å². The zero-order valence-corrected chi connectivity index (χ0v) is 8.60. The molecule has 0 radical (unpaired) electrons. The van der Waals surface area contributed by atoms with Crippen LogP contribution in [0.1, 0.15) is 17.5 Å². The molecule has 2 aliphatic rings. The molecule has 1 aromatic carbocycles. The molecule has 16 heavy (non-hydrogen) atoms. The zero-order chi connectivity index (χ0) is 11.3. The van der Waals surface area contributed by atoms with Crippen LogP contribution in [0.3, 0.4) is 0 Å². The van der Waals surface area contributed by atoms with Crippen molar-refractivity contribution in [3.8, 4) is 0 Å². The molecule has 3 rings (SSSR count). The predicted molar refractivity (Wildman–Crippen MR) is 57.5 cm³/mol. The second-order valence-corrected chi connectivity index (χ2v) is 4.20. The molecule has 5 nitrogen and oxygen atoms in total. The van der Waals surface area contributed by atoms with Crippen LogP contribution in [0, 0.1) is 10.1 Å². The largest absolute Gasteiger partial charge is 0.312 e. The maximum absolute atomic E-state index is 11.7. The lowest BCUT2D eigenvalue weighted by molar-refractivity contribution is -0.385. The van der Waals surface area contributed by atoms with Gasteiger partial charge in [0.25, 0.3) is 5.69 Å². The van der Waals surface area contributed by atoms with E-state index >= 15 is 0 Å². The summed E-state index contributed by atoms with van der Waals surface area (Å²) in [7, 11) is 0. The summed E-state index contributed by atoms with van der Waals surface area (Å²) in [5.74, 6) is 0.0662. The fourth-order valence-corrected chi connectivity index (χ4v) is 2.57. The van der Waals surface area contributed by atoms with E-state index in [1.807, 2.05) is 0 Å². The number of non-ortho nitro benzene ring substituents is 1. The molecule has 0 N–H and O–H groups in total. The van der Waals surface area contributed by atoms with Gasteiger partial charge in [0.1, 0.15) is 0 Å². The van der Waals surface area contributed by atoms with Gasteiger partial charge in [-0.25, -0.2) is 0 Å². The molecule has 0 saturated carbocycles. The monoisotopic (exact) mass is 218 g/mol. The lowest BCUT2D eigenvalue weighted by atomic mass is 9.99. The Kier molecular flexibility index (Phi) is 1.77. The van der Waals surface area contributed by atoms with Crippen molar-refractivity contribution in [2.24, 2.45) is 0 Å². The van der Waals surface area contributed by atoms with Gasteiger partial charge in [-0.05, 0) is 24.0 Å². The maximum Gasteiger partial charge on any atom is 0.270 e. The molecule has 5 heteroatoms. The van der Waals surface area contributed by atoms with E-state index in [4.69, 9.17) is 0 Å². The lowest BCUT2D eigenvalue weighted by Gasteiger charge is -2.25. The minimum Gasteiger partial charge on any atom is -0.312 e. The lowest BCUT2D eigenvalue weighted by Crippen LogP contribution is -2.31. The Morgan fingerprint density at radius 3 is 2.81 bits per heavy atom. The highest BCUT2D eigenvalue weighted by atomic mass is 16.6. The van der Waals surface area contributed by atoms with E-state index in [0.29, 0.717) is 6.42 Å². The molecule has 0 aliphatic carbocycles. The van der Waals surface area contributed by atoms with E-state index in [1.54, 1.807) is 11.0 Å². The van der Waals surface area contributed by atoms with E-state index in [-0.39, 0.29) is 11.6 Å². The number of carbonyl (C=O) groups excluding carboxylic acids is 1. The summed E-state index contributed by atoms with van der Waals surface area (Å²) in [6, 6.07) is 3.13. The second-order valence-electron chi connectivity index (χ2n) is 4.20. The van der Waals surface area contributed by atoms with Crippen LogP contribution in [0.15, 0.2) is 12.1 Å². The zero-order valence-electron chi connectivity index (χ0n) is 8.60. The Bertz CT molecular complexity index is 510. The third-order valence-corrected chi connectivity index (χ3v) is 3.20. The minimum atomic E-state index is -0.390. The summed E-state index contributed by atoms with van der Waals surface area (Å²) in [6.45, 7) is 0.747. The van der Waals surface area contributed by atoms with Crippen LogP contribution in [-0.2, 0) is 17.6 Å². The van der Waals surface area contributed by atoms with Crippen LogP contribution in [0.4, 0.5) is 11.4 Å². The van der Waals surface area contributed by atoms with E-state index in [9.17, 15) is 14.9 Å². The molecule has 0 unspecified atom stereocenters. The van der Waals surface area contributed by atoms with Crippen LogP contribution in [0.5, 0.6) is 0 Å². The highest BCUT2D eigenvalue weighted by Gasteiger charge is 2.33. The van der Waals surface area contributed by atoms with E-state index in [0.717, 1.165) is 36.2 Å². The van der Waals surface area contributed by atoms with Gasteiger partial charge in [0.15, 0.2) is 0 Å². The normalized spacial score (nSPS) is 17.5. The van der Waals surface area contributed by atoms with Crippen LogP contribution in [0.25, 0.3) is 0 Å². The number of benzene rings is 1. The number of amides is 1. The smallest absolute Gasteiger partial charge is 0.270 e. The van der Waals surface area contributed by atoms with Crippen molar-refractivity contribution in [1.82, 2.24) is 0 Å². The standard InChI is InChI=1S/C11H10N2O3/c14-10-6-8-5-9(13(15)16)4-7-2-1-3-12(10)11(7)8/h4-5H,1-3,6H2. The molecule has 0 bridgehead atoms. The third-order valence-electron chi connectivity index (χ3n) is 3.20. The Morgan fingerprint density at radius 2 is 2.06 bits per heavy atom. The molecule has 0 saturated heterocycles. The van der Waals surface area contributed by atoms with Crippen molar-refractivity contribution in [3.05, 3.63) is 33.4 Å². The molecular weight excluding hydrogens is 208 g/mol. The fraction of sp³-hybridized carbons (Fsp3) is 0.364. The first-order chi connectivity index (χ1) is 7.66. The number of nitro groups is 1. The Labute approximate surface area is 91.8 Å². The van der Waals surface area contributed by atoms with Crippen LogP contribution in [0.2, 0.25) is 0 Å². The topological polar surface area (TPSA) is 63.4 Å². The molecule has 2 heterocycles. The molecular formula is C11H10N2O3. The first-order valence-electron chi connectivity index (χ1n) is 5.27. The minimum absolute atomic E-state index is 0.0662. The van der Waals surface area contributed by atoms with Gasteiger partial charge in [-0.3, -0.25) is 14.9 Å². The number of rotatable bonds is 1. The highest BCUT2D eigenvalue weighted by molar-refractivity contribution is 6.03. The number of hydrogen-bond donors (Lipinski definition) is 0. The Balaban J connectivity index is 2.21. The molecule has 0 spiro atoms.